The molecule has 0 amide bonds. The Kier molecular flexibility index (Phi) is 3.32. The van der Waals surface area contributed by atoms with Crippen LogP contribution in [0.25, 0.3) is 11.0 Å². The van der Waals surface area contributed by atoms with Crippen LogP contribution in [0, 0.1) is 0 Å². The molecule has 0 aliphatic rings. The molecule has 0 saturated heterocycles. The molecule has 17 heavy (non-hydrogen) atoms. The Morgan fingerprint density at radius 2 is 2.00 bits per heavy atom. The van der Waals surface area contributed by atoms with E-state index < -0.39 is 0 Å². The molecule has 0 fully saturated rings. The molecule has 0 spiro atoms. The minimum atomic E-state index is -0.254. The fraction of sp³-hybridized carbons (Fsp3) is 0.400. The third-order valence-corrected chi connectivity index (χ3v) is 3.42. The highest BCUT2D eigenvalue weighted by molar-refractivity contribution is 5.80. The lowest BCUT2D eigenvalue weighted by atomic mass is 9.96. The Morgan fingerprint density at radius 1 is 1.24 bits per heavy atom. The van der Waals surface area contributed by atoms with Crippen LogP contribution in [0.4, 0.5) is 0 Å². The zero-order chi connectivity index (χ0) is 12.4. The van der Waals surface area contributed by atoms with Gasteiger partial charge in [0, 0.05) is 11.5 Å². The first-order valence-electron chi connectivity index (χ1n) is 6.22. The average Bonchev–Trinajstić information content (AvgIpc) is 2.35. The van der Waals surface area contributed by atoms with Gasteiger partial charge in [-0.05, 0) is 36.0 Å². The summed E-state index contributed by atoms with van der Waals surface area (Å²) in [5.41, 5.74) is 2.76. The van der Waals surface area contributed by atoms with Gasteiger partial charge in [0.15, 0.2) is 0 Å². The van der Waals surface area contributed by atoms with Crippen molar-refractivity contribution in [1.82, 2.24) is 0 Å². The molecule has 0 N–H and O–H groups in total. The highest BCUT2D eigenvalue weighted by Gasteiger charge is 2.08. The van der Waals surface area contributed by atoms with Gasteiger partial charge in [-0.3, -0.25) is 0 Å². The van der Waals surface area contributed by atoms with Gasteiger partial charge in [-0.2, -0.15) is 0 Å². The van der Waals surface area contributed by atoms with Crippen LogP contribution in [-0.4, -0.2) is 0 Å². The van der Waals surface area contributed by atoms with Gasteiger partial charge in [0.2, 0.25) is 0 Å². The van der Waals surface area contributed by atoms with E-state index in [0.29, 0.717) is 11.5 Å². The van der Waals surface area contributed by atoms with Crippen LogP contribution in [0.15, 0.2) is 33.5 Å². The van der Waals surface area contributed by atoms with E-state index in [2.05, 4.69) is 32.9 Å². The Hall–Kier alpha value is -1.57. The van der Waals surface area contributed by atoms with Gasteiger partial charge in [0.05, 0.1) is 0 Å². The first-order chi connectivity index (χ1) is 8.15. The molecular weight excluding hydrogens is 212 g/mol. The third-order valence-electron chi connectivity index (χ3n) is 3.42. The van der Waals surface area contributed by atoms with E-state index in [1.807, 2.05) is 6.07 Å². The molecule has 90 valence electrons. The lowest BCUT2D eigenvalue weighted by molar-refractivity contribution is 0.558. The van der Waals surface area contributed by atoms with Crippen molar-refractivity contribution in [1.29, 1.82) is 0 Å². The quantitative estimate of drug-likeness (QED) is 0.749. The molecule has 2 heteroatoms. The molecule has 0 aliphatic carbocycles. The van der Waals surface area contributed by atoms with E-state index in [1.165, 1.54) is 5.56 Å². The van der Waals surface area contributed by atoms with E-state index in [9.17, 15) is 4.79 Å². The van der Waals surface area contributed by atoms with Crippen molar-refractivity contribution in [3.8, 4) is 0 Å². The maximum atomic E-state index is 11.4. The van der Waals surface area contributed by atoms with Gasteiger partial charge in [-0.25, -0.2) is 4.79 Å². The zero-order valence-electron chi connectivity index (χ0n) is 10.6. The molecular formula is C15H18O2. The van der Waals surface area contributed by atoms with E-state index in [0.717, 1.165) is 23.8 Å². The highest BCUT2D eigenvalue weighted by Crippen LogP contribution is 2.24. The van der Waals surface area contributed by atoms with Crippen molar-refractivity contribution >= 4 is 11.0 Å². The van der Waals surface area contributed by atoms with Crippen molar-refractivity contribution in [2.75, 3.05) is 0 Å². The minimum absolute atomic E-state index is 0.254. The van der Waals surface area contributed by atoms with Crippen LogP contribution in [0.3, 0.4) is 0 Å². The van der Waals surface area contributed by atoms with Crippen LogP contribution in [-0.2, 0) is 6.42 Å². The maximum absolute atomic E-state index is 11.4. The smallest absolute Gasteiger partial charge is 0.336 e. The average molecular weight is 230 g/mol. The van der Waals surface area contributed by atoms with Crippen LogP contribution in [0.1, 0.15) is 44.2 Å². The summed E-state index contributed by atoms with van der Waals surface area (Å²) in [5.74, 6) is 0.495. The van der Waals surface area contributed by atoms with Crippen LogP contribution in [0.5, 0.6) is 0 Å². The molecule has 1 heterocycles. The second-order valence-electron chi connectivity index (χ2n) is 4.51. The van der Waals surface area contributed by atoms with E-state index >= 15 is 0 Å². The first kappa shape index (κ1) is 11.9. The Morgan fingerprint density at radius 3 is 2.65 bits per heavy atom. The number of aryl methyl sites for hydroxylation is 1. The normalized spacial score (nSPS) is 12.9. The van der Waals surface area contributed by atoms with E-state index in [4.69, 9.17) is 4.42 Å². The minimum Gasteiger partial charge on any atom is -0.423 e. The summed E-state index contributed by atoms with van der Waals surface area (Å²) in [6.45, 7) is 6.40. The standard InChI is InChI=1S/C15H18O2/c1-4-10(3)12-6-7-13-11(5-2)9-15(16)17-14(13)8-12/h6-10H,4-5H2,1-3H3. The molecule has 2 rings (SSSR count). The predicted octanol–water partition coefficient (Wildman–Crippen LogP) is 3.87. The Bertz CT molecular complexity index is 581. The Balaban J connectivity index is 2.65. The largest absolute Gasteiger partial charge is 0.423 e. The van der Waals surface area contributed by atoms with Crippen LogP contribution < -0.4 is 5.63 Å². The molecule has 0 saturated carbocycles. The van der Waals surface area contributed by atoms with Crippen LogP contribution in [0.2, 0.25) is 0 Å². The third kappa shape index (κ3) is 2.26. The topological polar surface area (TPSA) is 30.2 Å². The fourth-order valence-corrected chi connectivity index (χ4v) is 2.08. The predicted molar refractivity (Wildman–Crippen MR) is 70.6 cm³/mol. The first-order valence-corrected chi connectivity index (χ1v) is 6.22. The summed E-state index contributed by atoms with van der Waals surface area (Å²) in [4.78, 5) is 11.4. The van der Waals surface area contributed by atoms with E-state index in [1.54, 1.807) is 6.07 Å². The summed E-state index contributed by atoms with van der Waals surface area (Å²) in [6.07, 6.45) is 1.94. The molecule has 2 aromatic rings. The Labute approximate surface area is 101 Å². The van der Waals surface area contributed by atoms with Crippen molar-refractivity contribution in [2.45, 2.75) is 39.5 Å². The summed E-state index contributed by atoms with van der Waals surface area (Å²) in [7, 11) is 0. The highest BCUT2D eigenvalue weighted by atomic mass is 16.4. The molecule has 1 aromatic carbocycles. The molecule has 1 aromatic heterocycles. The van der Waals surface area contributed by atoms with Gasteiger partial charge >= 0.3 is 5.63 Å². The number of rotatable bonds is 3. The van der Waals surface area contributed by atoms with Gasteiger partial charge in [0.1, 0.15) is 5.58 Å². The van der Waals surface area contributed by atoms with Crippen molar-refractivity contribution < 1.29 is 4.42 Å². The van der Waals surface area contributed by atoms with Gasteiger partial charge in [-0.15, -0.1) is 0 Å². The zero-order valence-corrected chi connectivity index (χ0v) is 10.6. The van der Waals surface area contributed by atoms with Gasteiger partial charge in [0.25, 0.3) is 0 Å². The lowest BCUT2D eigenvalue weighted by Gasteiger charge is -2.10. The van der Waals surface area contributed by atoms with Gasteiger partial charge in [-0.1, -0.05) is 32.9 Å². The molecule has 0 bridgehead atoms. The number of fused-ring (bicyclic) bond motifs is 1. The summed E-state index contributed by atoms with van der Waals surface area (Å²) in [5, 5.41) is 1.05. The molecule has 0 aliphatic heterocycles. The lowest BCUT2D eigenvalue weighted by Crippen LogP contribution is -2.00. The second kappa shape index (κ2) is 4.74. The molecule has 1 unspecified atom stereocenters. The maximum Gasteiger partial charge on any atom is 0.336 e. The summed E-state index contributed by atoms with van der Waals surface area (Å²) < 4.78 is 5.28. The number of hydrogen-bond acceptors (Lipinski definition) is 2. The summed E-state index contributed by atoms with van der Waals surface area (Å²) in [6, 6.07) is 7.80. The van der Waals surface area contributed by atoms with Crippen molar-refractivity contribution in [3.05, 3.63) is 45.8 Å². The van der Waals surface area contributed by atoms with Crippen LogP contribution >= 0.6 is 0 Å². The number of benzene rings is 1. The molecule has 0 radical (unpaired) electrons. The van der Waals surface area contributed by atoms with Crippen molar-refractivity contribution in [3.63, 3.8) is 0 Å². The summed E-state index contributed by atoms with van der Waals surface area (Å²) >= 11 is 0. The van der Waals surface area contributed by atoms with Gasteiger partial charge < -0.3 is 4.42 Å². The molecule has 1 atom stereocenters. The molecule has 2 nitrogen and oxygen atoms in total. The number of hydrogen-bond donors (Lipinski definition) is 0. The SMILES string of the molecule is CCc1cc(=O)oc2cc(C(C)CC)ccc12. The fourth-order valence-electron chi connectivity index (χ4n) is 2.08. The van der Waals surface area contributed by atoms with E-state index in [-0.39, 0.29) is 5.63 Å². The second-order valence-corrected chi connectivity index (χ2v) is 4.51. The monoisotopic (exact) mass is 230 g/mol. The van der Waals surface area contributed by atoms with Crippen molar-refractivity contribution in [2.24, 2.45) is 0 Å².